The monoisotopic (exact) mass is 320 g/mol. The largest absolute Gasteiger partial charge is 0.0882 e. The van der Waals surface area contributed by atoms with Gasteiger partial charge in [-0.15, -0.1) is 0 Å². The lowest BCUT2D eigenvalue weighted by Gasteiger charge is -2.01. The second-order valence-electron chi connectivity index (χ2n) is 7.00. The second-order valence-corrected chi connectivity index (χ2v) is 7.00. The van der Waals surface area contributed by atoms with E-state index < -0.39 is 0 Å². The van der Waals surface area contributed by atoms with Crippen molar-refractivity contribution in [1.82, 2.24) is 0 Å². The van der Waals surface area contributed by atoms with Crippen LogP contribution in [0.1, 0.15) is 123 Å². The van der Waals surface area contributed by atoms with E-state index in [0.29, 0.717) is 0 Å². The third-order valence-corrected chi connectivity index (χ3v) is 4.55. The van der Waals surface area contributed by atoms with E-state index in [4.69, 9.17) is 0 Å². The summed E-state index contributed by atoms with van der Waals surface area (Å²) in [4.78, 5) is 0. The number of allylic oxidation sites excluding steroid dienone is 4. The summed E-state index contributed by atoms with van der Waals surface area (Å²) in [5, 5.41) is 0. The van der Waals surface area contributed by atoms with E-state index in [9.17, 15) is 0 Å². The Kier molecular flexibility index (Phi) is 21.0. The molecular weight excluding hydrogens is 276 g/mol. The predicted molar refractivity (Wildman–Crippen MR) is 108 cm³/mol. The van der Waals surface area contributed by atoms with Crippen LogP contribution in [0, 0.1) is 0 Å². The summed E-state index contributed by atoms with van der Waals surface area (Å²) in [6, 6.07) is 0. The van der Waals surface area contributed by atoms with Gasteiger partial charge in [-0.05, 0) is 32.1 Å². The van der Waals surface area contributed by atoms with E-state index in [0.717, 1.165) is 6.42 Å². The van der Waals surface area contributed by atoms with Crippen molar-refractivity contribution in [3.05, 3.63) is 24.3 Å². The Morgan fingerprint density at radius 3 is 1.22 bits per heavy atom. The molecule has 0 aliphatic carbocycles. The molecule has 0 nitrogen and oxygen atoms in total. The average Bonchev–Trinajstić information content (AvgIpc) is 2.57. The standard InChI is InChI=1S/C23H44/c1-3-5-7-9-11-13-15-17-19-21-23-22-20-18-16-14-12-10-8-6-4-2/h11,13,17,19H,3-10,12,14-16,18,20-23H2,1-2H3/b13-11?,19-17+. The highest BCUT2D eigenvalue weighted by atomic mass is 14.0. The fourth-order valence-corrected chi connectivity index (χ4v) is 2.95. The minimum Gasteiger partial charge on any atom is -0.0882 e. The van der Waals surface area contributed by atoms with Crippen LogP contribution in [0.15, 0.2) is 24.3 Å². The summed E-state index contributed by atoms with van der Waals surface area (Å²) in [5.41, 5.74) is 0. The van der Waals surface area contributed by atoms with Crippen LogP contribution >= 0.6 is 0 Å². The zero-order valence-electron chi connectivity index (χ0n) is 16.3. The third-order valence-electron chi connectivity index (χ3n) is 4.55. The summed E-state index contributed by atoms with van der Waals surface area (Å²) in [6.45, 7) is 4.56. The number of hydrogen-bond donors (Lipinski definition) is 0. The van der Waals surface area contributed by atoms with Crippen LogP contribution in [0.5, 0.6) is 0 Å². The first kappa shape index (κ1) is 22.5. The van der Waals surface area contributed by atoms with Gasteiger partial charge in [0.05, 0.1) is 0 Å². The molecule has 0 aromatic carbocycles. The molecule has 0 aliphatic heterocycles. The molecule has 0 aromatic rings. The average molecular weight is 321 g/mol. The molecule has 0 saturated carbocycles. The van der Waals surface area contributed by atoms with Crippen LogP contribution in [0.2, 0.25) is 0 Å². The van der Waals surface area contributed by atoms with Crippen LogP contribution in [0.4, 0.5) is 0 Å². The van der Waals surface area contributed by atoms with E-state index in [2.05, 4.69) is 38.2 Å². The smallest absolute Gasteiger partial charge is 0.0169 e. The first-order chi connectivity index (χ1) is 11.4. The van der Waals surface area contributed by atoms with Gasteiger partial charge in [-0.25, -0.2) is 0 Å². The minimum atomic E-state index is 1.13. The molecule has 0 spiro atoms. The van der Waals surface area contributed by atoms with Gasteiger partial charge in [-0.1, -0.05) is 115 Å². The zero-order valence-corrected chi connectivity index (χ0v) is 16.3. The molecule has 0 aliphatic rings. The summed E-state index contributed by atoms with van der Waals surface area (Å²) < 4.78 is 0. The Morgan fingerprint density at radius 2 is 0.739 bits per heavy atom. The molecule has 0 heteroatoms. The summed E-state index contributed by atoms with van der Waals surface area (Å²) in [5.74, 6) is 0. The van der Waals surface area contributed by atoms with E-state index >= 15 is 0 Å². The highest BCUT2D eigenvalue weighted by Crippen LogP contribution is 2.12. The molecule has 0 aromatic heterocycles. The molecule has 0 rings (SSSR count). The molecule has 23 heavy (non-hydrogen) atoms. The summed E-state index contributed by atoms with van der Waals surface area (Å²) in [6.07, 6.45) is 32.9. The van der Waals surface area contributed by atoms with E-state index in [1.165, 1.54) is 103 Å². The lowest BCUT2D eigenvalue weighted by Crippen LogP contribution is -1.81. The Morgan fingerprint density at radius 1 is 0.391 bits per heavy atom. The van der Waals surface area contributed by atoms with Gasteiger partial charge in [0, 0.05) is 0 Å². The number of unbranched alkanes of at least 4 members (excludes halogenated alkanes) is 14. The fourth-order valence-electron chi connectivity index (χ4n) is 2.95. The Bertz CT molecular complexity index is 249. The van der Waals surface area contributed by atoms with Gasteiger partial charge in [-0.3, -0.25) is 0 Å². The SMILES string of the molecule is CCCCCC=CC/C=C/CCCCCCCCCCCCC. The molecule has 0 unspecified atom stereocenters. The maximum atomic E-state index is 2.38. The number of rotatable bonds is 18. The summed E-state index contributed by atoms with van der Waals surface area (Å²) in [7, 11) is 0. The maximum Gasteiger partial charge on any atom is -0.0169 e. The molecule has 0 amide bonds. The van der Waals surface area contributed by atoms with Crippen LogP contribution in [0.3, 0.4) is 0 Å². The van der Waals surface area contributed by atoms with E-state index in [1.54, 1.807) is 0 Å². The zero-order chi connectivity index (χ0) is 16.8. The van der Waals surface area contributed by atoms with E-state index in [1.807, 2.05) is 0 Å². The second kappa shape index (κ2) is 21.5. The topological polar surface area (TPSA) is 0 Å². The van der Waals surface area contributed by atoms with Crippen molar-refractivity contribution >= 4 is 0 Å². The lowest BCUT2D eigenvalue weighted by molar-refractivity contribution is 0.550. The van der Waals surface area contributed by atoms with Crippen molar-refractivity contribution < 1.29 is 0 Å². The van der Waals surface area contributed by atoms with Gasteiger partial charge >= 0.3 is 0 Å². The minimum absolute atomic E-state index is 1.13. The van der Waals surface area contributed by atoms with Crippen molar-refractivity contribution in [3.63, 3.8) is 0 Å². The highest BCUT2D eigenvalue weighted by molar-refractivity contribution is 4.92. The first-order valence-corrected chi connectivity index (χ1v) is 10.7. The molecule has 0 bridgehead atoms. The van der Waals surface area contributed by atoms with Gasteiger partial charge in [0.2, 0.25) is 0 Å². The van der Waals surface area contributed by atoms with Crippen molar-refractivity contribution in [2.75, 3.05) is 0 Å². The quantitative estimate of drug-likeness (QED) is 0.175. The molecular formula is C23H44. The van der Waals surface area contributed by atoms with Gasteiger partial charge in [0.25, 0.3) is 0 Å². The van der Waals surface area contributed by atoms with Crippen molar-refractivity contribution in [1.29, 1.82) is 0 Å². The van der Waals surface area contributed by atoms with Crippen LogP contribution in [0.25, 0.3) is 0 Å². The van der Waals surface area contributed by atoms with Gasteiger partial charge in [0.15, 0.2) is 0 Å². The Hall–Kier alpha value is -0.520. The molecule has 0 saturated heterocycles. The molecule has 0 atom stereocenters. The van der Waals surface area contributed by atoms with Gasteiger partial charge in [0.1, 0.15) is 0 Å². The molecule has 0 fully saturated rings. The molecule has 136 valence electrons. The molecule has 0 heterocycles. The Labute approximate surface area is 147 Å². The fraction of sp³-hybridized carbons (Fsp3) is 0.826. The number of hydrogen-bond acceptors (Lipinski definition) is 0. The van der Waals surface area contributed by atoms with E-state index in [-0.39, 0.29) is 0 Å². The van der Waals surface area contributed by atoms with Crippen LogP contribution < -0.4 is 0 Å². The van der Waals surface area contributed by atoms with Crippen molar-refractivity contribution in [3.8, 4) is 0 Å². The Balaban J connectivity index is 3.10. The normalized spacial score (nSPS) is 11.9. The molecule has 0 radical (unpaired) electrons. The van der Waals surface area contributed by atoms with Crippen molar-refractivity contribution in [2.24, 2.45) is 0 Å². The lowest BCUT2D eigenvalue weighted by atomic mass is 10.1. The first-order valence-electron chi connectivity index (χ1n) is 10.7. The predicted octanol–water partition coefficient (Wildman–Crippen LogP) is 8.77. The van der Waals surface area contributed by atoms with Crippen LogP contribution in [-0.2, 0) is 0 Å². The van der Waals surface area contributed by atoms with Gasteiger partial charge in [-0.2, -0.15) is 0 Å². The van der Waals surface area contributed by atoms with Crippen molar-refractivity contribution in [2.45, 2.75) is 123 Å². The van der Waals surface area contributed by atoms with Crippen LogP contribution in [-0.4, -0.2) is 0 Å². The molecule has 0 N–H and O–H groups in total. The highest BCUT2D eigenvalue weighted by Gasteiger charge is 1.92. The third kappa shape index (κ3) is 21.5. The summed E-state index contributed by atoms with van der Waals surface area (Å²) >= 11 is 0. The maximum absolute atomic E-state index is 2.38. The van der Waals surface area contributed by atoms with Gasteiger partial charge < -0.3 is 0 Å².